The van der Waals surface area contributed by atoms with Crippen LogP contribution in [0.1, 0.15) is 37.0 Å². The Bertz CT molecular complexity index is 832. The van der Waals surface area contributed by atoms with E-state index < -0.39 is 0 Å². The molecule has 0 spiro atoms. The molecule has 6 heteroatoms. The number of ether oxygens (including phenoxy) is 1. The van der Waals surface area contributed by atoms with Crippen LogP contribution in [0.25, 0.3) is 0 Å². The number of hydrogen-bond acceptors (Lipinski definition) is 4. The lowest BCUT2D eigenvalue weighted by molar-refractivity contribution is -0.114. The summed E-state index contributed by atoms with van der Waals surface area (Å²) in [6, 6.07) is 14.3. The molecule has 6 nitrogen and oxygen atoms in total. The van der Waals surface area contributed by atoms with E-state index in [4.69, 9.17) is 4.74 Å². The first-order valence-corrected chi connectivity index (χ1v) is 9.77. The maximum absolute atomic E-state index is 12.3. The van der Waals surface area contributed by atoms with E-state index in [1.54, 1.807) is 36.4 Å². The monoisotopic (exact) mass is 395 g/mol. The number of anilines is 2. The van der Waals surface area contributed by atoms with Crippen LogP contribution in [-0.2, 0) is 4.79 Å². The maximum atomic E-state index is 12.3. The van der Waals surface area contributed by atoms with Gasteiger partial charge in [0.2, 0.25) is 5.91 Å². The molecule has 0 saturated heterocycles. The maximum Gasteiger partial charge on any atom is 0.251 e. The molecule has 0 aliphatic carbocycles. The predicted molar refractivity (Wildman–Crippen MR) is 118 cm³/mol. The molecule has 0 aliphatic rings. The zero-order chi connectivity index (χ0) is 21.1. The van der Waals surface area contributed by atoms with Gasteiger partial charge < -0.3 is 20.7 Å². The topological polar surface area (TPSA) is 79.5 Å². The van der Waals surface area contributed by atoms with E-state index in [1.165, 1.54) is 0 Å². The van der Waals surface area contributed by atoms with Gasteiger partial charge >= 0.3 is 0 Å². The second kappa shape index (κ2) is 11.5. The first kappa shape index (κ1) is 22.0. The molecule has 0 aromatic heterocycles. The minimum absolute atomic E-state index is 0.0888. The molecule has 0 radical (unpaired) electrons. The lowest BCUT2D eigenvalue weighted by Crippen LogP contribution is -2.24. The Labute approximate surface area is 172 Å². The standard InChI is InChI=1S/C23H29N3O3/c1-4-5-14-24-23(28)18-10-12-19(13-11-18)25-15-22(27)26-20-8-6-7-9-21(20)29-16-17(2)3/h6-13,25H,2,4-5,14-16H2,1,3H3,(H,24,28)(H,26,27). The van der Waals surface area contributed by atoms with Crippen LogP contribution in [0, 0.1) is 0 Å². The second-order valence-corrected chi connectivity index (χ2v) is 6.83. The van der Waals surface area contributed by atoms with E-state index in [1.807, 2.05) is 19.1 Å². The average molecular weight is 396 g/mol. The molecule has 2 aromatic carbocycles. The fraction of sp³-hybridized carbons (Fsp3) is 0.304. The fourth-order valence-corrected chi connectivity index (χ4v) is 2.49. The van der Waals surface area contributed by atoms with Crippen LogP contribution in [0.5, 0.6) is 5.75 Å². The highest BCUT2D eigenvalue weighted by Gasteiger charge is 2.08. The number of unbranched alkanes of at least 4 members (excludes halogenated alkanes) is 1. The molecule has 0 heterocycles. The minimum Gasteiger partial charge on any atom is -0.487 e. The molecule has 2 rings (SSSR count). The van der Waals surface area contributed by atoms with Gasteiger partial charge in [-0.3, -0.25) is 9.59 Å². The summed E-state index contributed by atoms with van der Waals surface area (Å²) >= 11 is 0. The van der Waals surface area contributed by atoms with Gasteiger partial charge in [0.15, 0.2) is 0 Å². The van der Waals surface area contributed by atoms with E-state index in [9.17, 15) is 9.59 Å². The van der Waals surface area contributed by atoms with Crippen LogP contribution >= 0.6 is 0 Å². The summed E-state index contributed by atoms with van der Waals surface area (Å²) in [5.74, 6) is 0.314. The highest BCUT2D eigenvalue weighted by atomic mass is 16.5. The molecule has 29 heavy (non-hydrogen) atoms. The van der Waals surface area contributed by atoms with Crippen molar-refractivity contribution in [2.24, 2.45) is 0 Å². The van der Waals surface area contributed by atoms with Gasteiger partial charge in [0, 0.05) is 17.8 Å². The van der Waals surface area contributed by atoms with Gasteiger partial charge in [-0.1, -0.05) is 32.1 Å². The van der Waals surface area contributed by atoms with E-state index in [2.05, 4.69) is 29.5 Å². The smallest absolute Gasteiger partial charge is 0.251 e. The predicted octanol–water partition coefficient (Wildman–Crippen LogP) is 4.22. The summed E-state index contributed by atoms with van der Waals surface area (Å²) in [4.78, 5) is 24.3. The molecule has 154 valence electrons. The molecule has 0 bridgehead atoms. The molecule has 0 saturated carbocycles. The van der Waals surface area contributed by atoms with Gasteiger partial charge in [-0.25, -0.2) is 0 Å². The lowest BCUT2D eigenvalue weighted by Gasteiger charge is -2.13. The number of nitrogens with one attached hydrogen (secondary N) is 3. The Kier molecular flexibility index (Phi) is 8.76. The molecule has 0 unspecified atom stereocenters. The van der Waals surface area contributed by atoms with Crippen molar-refractivity contribution in [3.8, 4) is 5.75 Å². The molecule has 0 atom stereocenters. The second-order valence-electron chi connectivity index (χ2n) is 6.83. The van der Waals surface area contributed by atoms with Gasteiger partial charge in [0.1, 0.15) is 12.4 Å². The van der Waals surface area contributed by atoms with Crippen molar-refractivity contribution < 1.29 is 14.3 Å². The van der Waals surface area contributed by atoms with Gasteiger partial charge in [-0.2, -0.15) is 0 Å². The van der Waals surface area contributed by atoms with Crippen LogP contribution in [0.15, 0.2) is 60.7 Å². The average Bonchev–Trinajstić information content (AvgIpc) is 2.72. The minimum atomic E-state index is -0.197. The lowest BCUT2D eigenvalue weighted by atomic mass is 10.2. The molecular formula is C23H29N3O3. The third-order valence-electron chi connectivity index (χ3n) is 4.05. The van der Waals surface area contributed by atoms with Crippen LogP contribution in [0.2, 0.25) is 0 Å². The molecule has 2 aromatic rings. The summed E-state index contributed by atoms with van der Waals surface area (Å²) in [6.45, 7) is 8.93. The number of para-hydroxylation sites is 2. The largest absolute Gasteiger partial charge is 0.487 e. The van der Waals surface area contributed by atoms with Crippen molar-refractivity contribution in [1.82, 2.24) is 5.32 Å². The Morgan fingerprint density at radius 1 is 1.07 bits per heavy atom. The van der Waals surface area contributed by atoms with Crippen LogP contribution in [0.3, 0.4) is 0 Å². The molecular weight excluding hydrogens is 366 g/mol. The Balaban J connectivity index is 1.85. The molecule has 2 amide bonds. The van der Waals surface area contributed by atoms with Crippen LogP contribution < -0.4 is 20.7 Å². The van der Waals surface area contributed by atoms with Crippen molar-refractivity contribution in [3.63, 3.8) is 0 Å². The fourth-order valence-electron chi connectivity index (χ4n) is 2.49. The van der Waals surface area contributed by atoms with Crippen molar-refractivity contribution in [1.29, 1.82) is 0 Å². The zero-order valence-electron chi connectivity index (χ0n) is 17.1. The van der Waals surface area contributed by atoms with Crippen molar-refractivity contribution in [2.45, 2.75) is 26.7 Å². The number of hydrogen-bond donors (Lipinski definition) is 3. The Hall–Kier alpha value is -3.28. The van der Waals surface area contributed by atoms with E-state index in [0.717, 1.165) is 24.1 Å². The quantitative estimate of drug-likeness (QED) is 0.393. The van der Waals surface area contributed by atoms with Crippen molar-refractivity contribution in [2.75, 3.05) is 30.3 Å². The normalized spacial score (nSPS) is 10.1. The Morgan fingerprint density at radius 3 is 2.48 bits per heavy atom. The highest BCUT2D eigenvalue weighted by Crippen LogP contribution is 2.24. The molecule has 3 N–H and O–H groups in total. The van der Waals surface area contributed by atoms with Gasteiger partial charge in [-0.05, 0) is 55.3 Å². The number of benzene rings is 2. The number of rotatable bonds is 11. The van der Waals surface area contributed by atoms with Crippen LogP contribution in [-0.4, -0.2) is 31.5 Å². The SMILES string of the molecule is C=C(C)COc1ccccc1NC(=O)CNc1ccc(C(=O)NCCCC)cc1. The van der Waals surface area contributed by atoms with Gasteiger partial charge in [-0.15, -0.1) is 0 Å². The van der Waals surface area contributed by atoms with Crippen LogP contribution in [0.4, 0.5) is 11.4 Å². The van der Waals surface area contributed by atoms with E-state index in [0.29, 0.717) is 30.2 Å². The Morgan fingerprint density at radius 2 is 1.79 bits per heavy atom. The summed E-state index contributed by atoms with van der Waals surface area (Å²) in [6.07, 6.45) is 2.00. The van der Waals surface area contributed by atoms with E-state index >= 15 is 0 Å². The first-order chi connectivity index (χ1) is 14.0. The summed E-state index contributed by atoms with van der Waals surface area (Å²) < 4.78 is 5.66. The van der Waals surface area contributed by atoms with Crippen molar-refractivity contribution >= 4 is 23.2 Å². The van der Waals surface area contributed by atoms with Gasteiger partial charge in [0.25, 0.3) is 5.91 Å². The number of carbonyl (C=O) groups is 2. The molecule has 0 fully saturated rings. The number of amides is 2. The molecule has 0 aliphatic heterocycles. The third kappa shape index (κ3) is 7.70. The summed E-state index contributed by atoms with van der Waals surface area (Å²) in [5, 5.41) is 8.78. The zero-order valence-corrected chi connectivity index (χ0v) is 17.1. The highest BCUT2D eigenvalue weighted by molar-refractivity contribution is 5.96. The van der Waals surface area contributed by atoms with Gasteiger partial charge in [0.05, 0.1) is 12.2 Å². The van der Waals surface area contributed by atoms with Crippen molar-refractivity contribution in [3.05, 3.63) is 66.2 Å². The number of carbonyl (C=O) groups excluding carboxylic acids is 2. The third-order valence-corrected chi connectivity index (χ3v) is 4.05. The van der Waals surface area contributed by atoms with E-state index in [-0.39, 0.29) is 18.4 Å². The summed E-state index contributed by atoms with van der Waals surface area (Å²) in [5.41, 5.74) is 2.87. The summed E-state index contributed by atoms with van der Waals surface area (Å²) in [7, 11) is 0. The first-order valence-electron chi connectivity index (χ1n) is 9.77.